The third-order valence-electron chi connectivity index (χ3n) is 4.52. The van der Waals surface area contributed by atoms with Gasteiger partial charge in [0.2, 0.25) is 0 Å². The standard InChI is InChI=1S/C22H31N3O2S/c1-21(2,3)17-11-16(12-18(19(17)26)22(4,5)6)24-20(27)25(28)13-14-7-9-15(23)10-8-14/h7-12,26,28H,13,23H2,1-6H3,(H,24,27). The van der Waals surface area contributed by atoms with Crippen molar-refractivity contribution in [2.45, 2.75) is 58.9 Å². The Morgan fingerprint density at radius 3 is 1.93 bits per heavy atom. The molecule has 0 aliphatic carbocycles. The van der Waals surface area contributed by atoms with Gasteiger partial charge in [-0.3, -0.25) is 4.31 Å². The van der Waals surface area contributed by atoms with Crippen molar-refractivity contribution in [3.63, 3.8) is 0 Å². The van der Waals surface area contributed by atoms with E-state index in [2.05, 4.69) is 18.1 Å². The van der Waals surface area contributed by atoms with Crippen molar-refractivity contribution >= 4 is 30.2 Å². The lowest BCUT2D eigenvalue weighted by atomic mass is 9.79. The molecule has 0 spiro atoms. The number of carbonyl (C=O) groups excluding carboxylic acids is 1. The number of nitrogens with zero attached hydrogens (tertiary/aromatic N) is 1. The van der Waals surface area contributed by atoms with Crippen LogP contribution in [-0.2, 0) is 17.4 Å². The molecule has 6 heteroatoms. The Balaban J connectivity index is 2.29. The number of urea groups is 1. The SMILES string of the molecule is CC(C)(C)c1cc(NC(=O)N(S)Cc2ccc(N)cc2)cc(C(C)(C)C)c1O. The van der Waals surface area contributed by atoms with Crippen LogP contribution in [-0.4, -0.2) is 15.4 Å². The van der Waals surface area contributed by atoms with Crippen LogP contribution in [0.1, 0.15) is 58.2 Å². The largest absolute Gasteiger partial charge is 0.507 e. The second-order valence-electron chi connectivity index (χ2n) is 9.15. The van der Waals surface area contributed by atoms with E-state index in [1.165, 1.54) is 4.31 Å². The number of nitrogens with one attached hydrogen (secondary N) is 1. The highest BCUT2D eigenvalue weighted by Gasteiger charge is 2.27. The summed E-state index contributed by atoms with van der Waals surface area (Å²) in [6.45, 7) is 12.5. The van der Waals surface area contributed by atoms with Gasteiger partial charge in [-0.2, -0.15) is 0 Å². The monoisotopic (exact) mass is 401 g/mol. The van der Waals surface area contributed by atoms with Crippen molar-refractivity contribution in [1.29, 1.82) is 0 Å². The molecule has 0 aromatic heterocycles. The minimum atomic E-state index is -0.342. The van der Waals surface area contributed by atoms with Gasteiger partial charge in [-0.25, -0.2) is 4.79 Å². The molecule has 0 aliphatic heterocycles. The highest BCUT2D eigenvalue weighted by molar-refractivity contribution is 7.78. The van der Waals surface area contributed by atoms with Gasteiger partial charge >= 0.3 is 6.03 Å². The number of phenolic OH excluding ortho intramolecular Hbond substituents is 1. The number of amides is 2. The normalized spacial score (nSPS) is 12.0. The zero-order valence-electron chi connectivity index (χ0n) is 17.5. The fourth-order valence-corrected chi connectivity index (χ4v) is 3.12. The average molecular weight is 402 g/mol. The molecule has 0 fully saturated rings. The summed E-state index contributed by atoms with van der Waals surface area (Å²) >= 11 is 4.32. The van der Waals surface area contributed by atoms with Crippen molar-refractivity contribution in [3.8, 4) is 5.75 Å². The summed E-state index contributed by atoms with van der Waals surface area (Å²) in [5.41, 5.74) is 8.98. The Labute approximate surface area is 173 Å². The number of anilines is 2. The fourth-order valence-electron chi connectivity index (χ4n) is 2.91. The van der Waals surface area contributed by atoms with Crippen LogP contribution in [0, 0.1) is 0 Å². The molecule has 0 radical (unpaired) electrons. The topological polar surface area (TPSA) is 78.6 Å². The lowest BCUT2D eigenvalue weighted by molar-refractivity contribution is 0.238. The lowest BCUT2D eigenvalue weighted by Gasteiger charge is -2.28. The van der Waals surface area contributed by atoms with Crippen molar-refractivity contribution in [1.82, 2.24) is 4.31 Å². The molecule has 2 aromatic rings. The number of nitrogens with two attached hydrogens (primary N) is 1. The van der Waals surface area contributed by atoms with Crippen LogP contribution < -0.4 is 11.1 Å². The van der Waals surface area contributed by atoms with E-state index in [4.69, 9.17) is 5.73 Å². The Bertz CT molecular complexity index is 815. The first-order chi connectivity index (χ1) is 12.8. The highest BCUT2D eigenvalue weighted by atomic mass is 32.1. The molecule has 0 saturated heterocycles. The van der Waals surface area contributed by atoms with Crippen LogP contribution in [0.2, 0.25) is 0 Å². The molecular weight excluding hydrogens is 370 g/mol. The van der Waals surface area contributed by atoms with E-state index in [0.717, 1.165) is 16.7 Å². The Morgan fingerprint density at radius 2 is 1.50 bits per heavy atom. The molecule has 28 heavy (non-hydrogen) atoms. The third-order valence-corrected chi connectivity index (χ3v) is 4.85. The first kappa shape index (κ1) is 22.0. The quantitative estimate of drug-likeness (QED) is 0.314. The number of hydrogen-bond acceptors (Lipinski definition) is 4. The molecule has 152 valence electrons. The maximum absolute atomic E-state index is 12.6. The predicted octanol–water partition coefficient (Wildman–Crippen LogP) is 5.45. The van der Waals surface area contributed by atoms with Gasteiger partial charge in [-0.05, 0) is 40.7 Å². The number of nitrogen functional groups attached to an aromatic ring is 1. The van der Waals surface area contributed by atoms with E-state index in [1.54, 1.807) is 12.1 Å². The summed E-state index contributed by atoms with van der Waals surface area (Å²) in [7, 11) is 0. The molecule has 2 amide bonds. The molecule has 0 bridgehead atoms. The molecule has 0 atom stereocenters. The zero-order valence-corrected chi connectivity index (χ0v) is 18.4. The van der Waals surface area contributed by atoms with Gasteiger partial charge in [-0.15, -0.1) is 0 Å². The molecular formula is C22H31N3O2S. The molecule has 4 N–H and O–H groups in total. The Kier molecular flexibility index (Phi) is 6.24. The third kappa shape index (κ3) is 5.35. The van der Waals surface area contributed by atoms with E-state index < -0.39 is 0 Å². The van der Waals surface area contributed by atoms with Crippen molar-refractivity contribution in [2.24, 2.45) is 0 Å². The van der Waals surface area contributed by atoms with Gasteiger partial charge in [0.25, 0.3) is 0 Å². The van der Waals surface area contributed by atoms with Gasteiger partial charge in [-0.1, -0.05) is 66.5 Å². The van der Waals surface area contributed by atoms with Crippen LogP contribution in [0.3, 0.4) is 0 Å². The summed E-state index contributed by atoms with van der Waals surface area (Å²) in [6.07, 6.45) is 0. The molecule has 2 rings (SSSR count). The minimum absolute atomic E-state index is 0.268. The predicted molar refractivity (Wildman–Crippen MR) is 120 cm³/mol. The van der Waals surface area contributed by atoms with Crippen LogP contribution >= 0.6 is 12.8 Å². The summed E-state index contributed by atoms with van der Waals surface area (Å²) in [6, 6.07) is 10.6. The smallest absolute Gasteiger partial charge is 0.331 e. The van der Waals surface area contributed by atoms with Crippen molar-refractivity contribution in [3.05, 3.63) is 53.1 Å². The number of carbonyl (C=O) groups is 1. The molecule has 0 saturated carbocycles. The first-order valence-corrected chi connectivity index (χ1v) is 9.69. The molecule has 0 aliphatic rings. The minimum Gasteiger partial charge on any atom is -0.507 e. The molecule has 2 aromatic carbocycles. The lowest BCUT2D eigenvalue weighted by Crippen LogP contribution is -2.27. The van der Waals surface area contributed by atoms with Gasteiger partial charge in [0.1, 0.15) is 5.75 Å². The maximum Gasteiger partial charge on any atom is 0.331 e. The van der Waals surface area contributed by atoms with Crippen molar-refractivity contribution in [2.75, 3.05) is 11.1 Å². The summed E-state index contributed by atoms with van der Waals surface area (Å²) in [5.74, 6) is 0.280. The Morgan fingerprint density at radius 1 is 1.04 bits per heavy atom. The van der Waals surface area contributed by atoms with Gasteiger partial charge in [0, 0.05) is 22.5 Å². The van der Waals surface area contributed by atoms with E-state index in [9.17, 15) is 9.90 Å². The number of thiol groups is 1. The second-order valence-corrected chi connectivity index (χ2v) is 9.63. The van der Waals surface area contributed by atoms with E-state index in [-0.39, 0.29) is 22.6 Å². The van der Waals surface area contributed by atoms with Crippen LogP contribution in [0.25, 0.3) is 0 Å². The number of phenols is 1. The van der Waals surface area contributed by atoms with Crippen LogP contribution in [0.15, 0.2) is 36.4 Å². The number of hydrogen-bond donors (Lipinski definition) is 4. The van der Waals surface area contributed by atoms with Crippen LogP contribution in [0.4, 0.5) is 16.2 Å². The Hall–Kier alpha value is -2.34. The van der Waals surface area contributed by atoms with Gasteiger partial charge in [0.15, 0.2) is 0 Å². The van der Waals surface area contributed by atoms with Gasteiger partial charge in [0.05, 0.1) is 6.54 Å². The molecule has 0 heterocycles. The number of rotatable bonds is 3. The van der Waals surface area contributed by atoms with E-state index in [1.807, 2.05) is 65.8 Å². The number of aromatic hydroxyl groups is 1. The first-order valence-electron chi connectivity index (χ1n) is 9.29. The average Bonchev–Trinajstić information content (AvgIpc) is 2.56. The fraction of sp³-hybridized carbons (Fsp3) is 0.409. The maximum atomic E-state index is 12.6. The summed E-state index contributed by atoms with van der Waals surface area (Å²) < 4.78 is 1.31. The summed E-state index contributed by atoms with van der Waals surface area (Å²) in [4.78, 5) is 12.6. The molecule has 0 unspecified atom stereocenters. The summed E-state index contributed by atoms with van der Waals surface area (Å²) in [5, 5.41) is 13.7. The highest BCUT2D eigenvalue weighted by Crippen LogP contribution is 2.41. The van der Waals surface area contributed by atoms with Gasteiger partial charge < -0.3 is 16.2 Å². The zero-order chi connectivity index (χ0) is 21.3. The second kappa shape index (κ2) is 7.95. The van der Waals surface area contributed by atoms with Crippen LogP contribution in [0.5, 0.6) is 5.75 Å². The van der Waals surface area contributed by atoms with Crippen molar-refractivity contribution < 1.29 is 9.90 Å². The van der Waals surface area contributed by atoms with E-state index >= 15 is 0 Å². The van der Waals surface area contributed by atoms with E-state index in [0.29, 0.717) is 17.9 Å². The number of benzene rings is 2. The molecule has 5 nitrogen and oxygen atoms in total.